The molecule has 0 fully saturated rings. The quantitative estimate of drug-likeness (QED) is 0.916. The van der Waals surface area contributed by atoms with Crippen molar-refractivity contribution in [3.8, 4) is 0 Å². The number of hydrogen-bond acceptors (Lipinski definition) is 2. The Morgan fingerprint density at radius 3 is 2.61 bits per heavy atom. The first-order valence-electron chi connectivity index (χ1n) is 5.99. The van der Waals surface area contributed by atoms with E-state index in [9.17, 15) is 0 Å². The van der Waals surface area contributed by atoms with Crippen LogP contribution in [0, 0.1) is 13.8 Å². The highest BCUT2D eigenvalue weighted by atomic mass is 35.5. The van der Waals surface area contributed by atoms with Gasteiger partial charge in [0.2, 0.25) is 0 Å². The summed E-state index contributed by atoms with van der Waals surface area (Å²) in [5, 5.41) is 0.747. The summed E-state index contributed by atoms with van der Waals surface area (Å²) in [5.41, 5.74) is 10.7. The Kier molecular flexibility index (Phi) is 4.00. The molecule has 0 aliphatic heterocycles. The van der Waals surface area contributed by atoms with Gasteiger partial charge in [-0.2, -0.15) is 0 Å². The highest BCUT2D eigenvalue weighted by Crippen LogP contribution is 2.22. The molecule has 0 bridgehead atoms. The van der Waals surface area contributed by atoms with E-state index in [0.29, 0.717) is 0 Å². The molecule has 2 rings (SSSR count). The summed E-state index contributed by atoms with van der Waals surface area (Å²) in [6.45, 7) is 4.06. The summed E-state index contributed by atoms with van der Waals surface area (Å²) in [5.74, 6) is 0. The number of aromatic nitrogens is 1. The minimum Gasteiger partial charge on any atom is -0.324 e. The van der Waals surface area contributed by atoms with Crippen LogP contribution in [0.2, 0.25) is 5.02 Å². The summed E-state index contributed by atoms with van der Waals surface area (Å²) in [7, 11) is 0. The van der Waals surface area contributed by atoms with Gasteiger partial charge in [-0.3, -0.25) is 4.98 Å². The fourth-order valence-corrected chi connectivity index (χ4v) is 2.24. The highest BCUT2D eigenvalue weighted by molar-refractivity contribution is 6.30. The highest BCUT2D eigenvalue weighted by Gasteiger charge is 2.10. The van der Waals surface area contributed by atoms with E-state index < -0.39 is 0 Å². The average molecular weight is 261 g/mol. The van der Waals surface area contributed by atoms with Crippen molar-refractivity contribution in [2.75, 3.05) is 0 Å². The van der Waals surface area contributed by atoms with Crippen LogP contribution in [0.25, 0.3) is 0 Å². The summed E-state index contributed by atoms with van der Waals surface area (Å²) >= 11 is 5.95. The third-order valence-electron chi connectivity index (χ3n) is 3.03. The molecular formula is C15H17ClN2. The second-order valence-electron chi connectivity index (χ2n) is 4.64. The first-order valence-corrected chi connectivity index (χ1v) is 6.37. The zero-order valence-electron chi connectivity index (χ0n) is 10.7. The molecule has 2 aromatic rings. The van der Waals surface area contributed by atoms with Gasteiger partial charge in [-0.25, -0.2) is 0 Å². The van der Waals surface area contributed by atoms with Crippen LogP contribution < -0.4 is 5.73 Å². The maximum atomic E-state index is 6.23. The number of aryl methyl sites for hydroxylation is 2. The lowest BCUT2D eigenvalue weighted by Crippen LogP contribution is -2.15. The van der Waals surface area contributed by atoms with E-state index >= 15 is 0 Å². The van der Waals surface area contributed by atoms with E-state index in [4.69, 9.17) is 17.3 Å². The molecule has 0 amide bonds. The second kappa shape index (κ2) is 5.51. The van der Waals surface area contributed by atoms with Crippen LogP contribution >= 0.6 is 11.6 Å². The van der Waals surface area contributed by atoms with Crippen molar-refractivity contribution in [3.63, 3.8) is 0 Å². The minimum atomic E-state index is -0.0440. The lowest BCUT2D eigenvalue weighted by atomic mass is 9.98. The van der Waals surface area contributed by atoms with Gasteiger partial charge in [0, 0.05) is 29.4 Å². The second-order valence-corrected chi connectivity index (χ2v) is 5.07. The fourth-order valence-electron chi connectivity index (χ4n) is 2.01. The lowest BCUT2D eigenvalue weighted by molar-refractivity contribution is 0.701. The van der Waals surface area contributed by atoms with Gasteiger partial charge in [-0.05, 0) is 48.7 Å². The molecule has 0 spiro atoms. The molecule has 1 unspecified atom stereocenters. The molecule has 3 heteroatoms. The largest absolute Gasteiger partial charge is 0.324 e. The van der Waals surface area contributed by atoms with E-state index in [-0.39, 0.29) is 6.04 Å². The van der Waals surface area contributed by atoms with Crippen molar-refractivity contribution < 1.29 is 0 Å². The molecule has 1 atom stereocenters. The van der Waals surface area contributed by atoms with Crippen LogP contribution in [-0.4, -0.2) is 4.98 Å². The first-order chi connectivity index (χ1) is 8.56. The smallest absolute Gasteiger partial charge is 0.0422 e. The van der Waals surface area contributed by atoms with Gasteiger partial charge < -0.3 is 5.73 Å². The molecule has 0 aliphatic rings. The lowest BCUT2D eigenvalue weighted by Gasteiger charge is -2.14. The predicted molar refractivity (Wildman–Crippen MR) is 75.8 cm³/mol. The van der Waals surface area contributed by atoms with Crippen LogP contribution in [0.5, 0.6) is 0 Å². The third kappa shape index (κ3) is 3.09. The van der Waals surface area contributed by atoms with Gasteiger partial charge in [0.05, 0.1) is 0 Å². The van der Waals surface area contributed by atoms with E-state index in [1.165, 1.54) is 0 Å². The van der Waals surface area contributed by atoms with Gasteiger partial charge in [-0.15, -0.1) is 0 Å². The number of benzene rings is 1. The molecule has 1 aromatic carbocycles. The van der Waals surface area contributed by atoms with Crippen LogP contribution in [-0.2, 0) is 6.42 Å². The van der Waals surface area contributed by atoms with E-state index in [1.54, 1.807) is 0 Å². The normalized spacial score (nSPS) is 12.4. The Morgan fingerprint density at radius 2 is 2.00 bits per heavy atom. The van der Waals surface area contributed by atoms with Gasteiger partial charge in [0.15, 0.2) is 0 Å². The topological polar surface area (TPSA) is 38.9 Å². The standard InChI is InChI=1S/C15H17ClN2/c1-10-3-5-13(18-9-10)8-15(17)14-6-4-12(16)7-11(14)2/h3-7,9,15H,8,17H2,1-2H3. The van der Waals surface area contributed by atoms with E-state index in [0.717, 1.165) is 33.8 Å². The Bertz CT molecular complexity index is 535. The van der Waals surface area contributed by atoms with Crippen molar-refractivity contribution >= 4 is 11.6 Å². The van der Waals surface area contributed by atoms with Gasteiger partial charge >= 0.3 is 0 Å². The summed E-state index contributed by atoms with van der Waals surface area (Å²) in [6, 6.07) is 9.87. The van der Waals surface area contributed by atoms with Gasteiger partial charge in [0.25, 0.3) is 0 Å². The molecule has 1 aromatic heterocycles. The van der Waals surface area contributed by atoms with Crippen molar-refractivity contribution in [2.24, 2.45) is 5.73 Å². The molecule has 0 saturated heterocycles. The fraction of sp³-hybridized carbons (Fsp3) is 0.267. The van der Waals surface area contributed by atoms with Crippen LogP contribution in [0.3, 0.4) is 0 Å². The zero-order chi connectivity index (χ0) is 13.1. The maximum Gasteiger partial charge on any atom is 0.0422 e. The van der Waals surface area contributed by atoms with Gasteiger partial charge in [0.1, 0.15) is 0 Å². The number of halogens is 1. The van der Waals surface area contributed by atoms with Crippen molar-refractivity contribution in [2.45, 2.75) is 26.3 Å². The molecule has 2 nitrogen and oxygen atoms in total. The third-order valence-corrected chi connectivity index (χ3v) is 3.27. The summed E-state index contributed by atoms with van der Waals surface area (Å²) in [6.07, 6.45) is 2.61. The predicted octanol–water partition coefficient (Wildman–Crippen LogP) is 3.59. The number of hydrogen-bond donors (Lipinski definition) is 1. The first kappa shape index (κ1) is 13.1. The van der Waals surface area contributed by atoms with Crippen molar-refractivity contribution in [3.05, 3.63) is 63.9 Å². The summed E-state index contributed by atoms with van der Waals surface area (Å²) in [4.78, 5) is 4.38. The van der Waals surface area contributed by atoms with Crippen LogP contribution in [0.4, 0.5) is 0 Å². The van der Waals surface area contributed by atoms with Crippen molar-refractivity contribution in [1.82, 2.24) is 4.98 Å². The maximum absolute atomic E-state index is 6.23. The Hall–Kier alpha value is -1.38. The number of nitrogens with zero attached hydrogens (tertiary/aromatic N) is 1. The molecular weight excluding hydrogens is 244 g/mol. The van der Waals surface area contributed by atoms with Crippen LogP contribution in [0.15, 0.2) is 36.5 Å². The Labute approximate surface area is 113 Å². The van der Waals surface area contributed by atoms with E-state index in [2.05, 4.69) is 11.1 Å². The number of pyridine rings is 1. The summed E-state index contributed by atoms with van der Waals surface area (Å²) < 4.78 is 0. The minimum absolute atomic E-state index is 0.0440. The van der Waals surface area contributed by atoms with Crippen LogP contribution in [0.1, 0.15) is 28.4 Å². The Morgan fingerprint density at radius 1 is 1.22 bits per heavy atom. The average Bonchev–Trinajstić information content (AvgIpc) is 2.32. The molecule has 18 heavy (non-hydrogen) atoms. The SMILES string of the molecule is Cc1ccc(CC(N)c2ccc(Cl)cc2C)nc1. The molecule has 1 heterocycles. The Balaban J connectivity index is 2.16. The number of nitrogens with two attached hydrogens (primary N) is 1. The molecule has 94 valence electrons. The zero-order valence-corrected chi connectivity index (χ0v) is 11.4. The molecule has 2 N–H and O–H groups in total. The monoisotopic (exact) mass is 260 g/mol. The molecule has 0 radical (unpaired) electrons. The molecule has 0 aliphatic carbocycles. The van der Waals surface area contributed by atoms with E-state index in [1.807, 2.05) is 44.3 Å². The number of rotatable bonds is 3. The molecule has 0 saturated carbocycles. The van der Waals surface area contributed by atoms with Crippen molar-refractivity contribution in [1.29, 1.82) is 0 Å². The van der Waals surface area contributed by atoms with Gasteiger partial charge in [-0.1, -0.05) is 23.7 Å².